The normalized spacial score (nSPS) is 13.9. The molecule has 0 fully saturated rings. The molecule has 0 radical (unpaired) electrons. The van der Waals surface area contributed by atoms with E-state index >= 15 is 0 Å². The van der Waals surface area contributed by atoms with Crippen molar-refractivity contribution in [1.29, 1.82) is 0 Å². The minimum absolute atomic E-state index is 0.0247. The van der Waals surface area contributed by atoms with Crippen LogP contribution in [0.25, 0.3) is 22.1 Å². The first-order chi connectivity index (χ1) is 15.6. The molecule has 0 spiro atoms. The van der Waals surface area contributed by atoms with E-state index in [-0.39, 0.29) is 18.5 Å². The maximum absolute atomic E-state index is 13.7. The van der Waals surface area contributed by atoms with E-state index in [0.29, 0.717) is 22.1 Å². The van der Waals surface area contributed by atoms with Gasteiger partial charge in [0.25, 0.3) is 0 Å². The van der Waals surface area contributed by atoms with Gasteiger partial charge in [-0.25, -0.2) is 13.9 Å². The SMILES string of the molecule is CCCC(O)(c1cn(Cc2ccc3c(-c4cccc(F)c4)cc(=O)oc3c2)nn1)C(F)(F)F. The molecule has 0 amide bonds. The molecule has 4 aromatic rings. The molecule has 0 bridgehead atoms. The van der Waals surface area contributed by atoms with Crippen LogP contribution in [0.3, 0.4) is 0 Å². The first kappa shape index (κ1) is 22.7. The molecule has 0 aliphatic rings. The summed E-state index contributed by atoms with van der Waals surface area (Å²) in [6.07, 6.45) is -4.30. The highest BCUT2D eigenvalue weighted by molar-refractivity contribution is 5.93. The van der Waals surface area contributed by atoms with Crippen molar-refractivity contribution in [2.45, 2.75) is 38.1 Å². The largest absolute Gasteiger partial charge is 0.423 e. The molecule has 2 aromatic heterocycles. The van der Waals surface area contributed by atoms with Crippen LogP contribution in [-0.2, 0) is 12.1 Å². The summed E-state index contributed by atoms with van der Waals surface area (Å²) in [5.74, 6) is -0.450. The number of aliphatic hydroxyl groups is 1. The fourth-order valence-corrected chi connectivity index (χ4v) is 3.73. The molecule has 2 heterocycles. The van der Waals surface area contributed by atoms with Crippen LogP contribution < -0.4 is 5.63 Å². The van der Waals surface area contributed by atoms with E-state index in [1.54, 1.807) is 24.3 Å². The highest BCUT2D eigenvalue weighted by Crippen LogP contribution is 2.41. The molecule has 33 heavy (non-hydrogen) atoms. The van der Waals surface area contributed by atoms with Crippen molar-refractivity contribution >= 4 is 11.0 Å². The summed E-state index contributed by atoms with van der Waals surface area (Å²) in [6, 6.07) is 12.0. The van der Waals surface area contributed by atoms with E-state index in [4.69, 9.17) is 4.42 Å². The van der Waals surface area contributed by atoms with E-state index in [2.05, 4.69) is 10.3 Å². The second kappa shape index (κ2) is 8.43. The highest BCUT2D eigenvalue weighted by atomic mass is 19.4. The predicted octanol–water partition coefficient (Wildman–Crippen LogP) is 4.79. The van der Waals surface area contributed by atoms with Crippen molar-refractivity contribution < 1.29 is 27.1 Å². The lowest BCUT2D eigenvalue weighted by Gasteiger charge is -2.27. The van der Waals surface area contributed by atoms with E-state index in [0.717, 1.165) is 10.9 Å². The van der Waals surface area contributed by atoms with Gasteiger partial charge in [-0.3, -0.25) is 0 Å². The standard InChI is InChI=1S/C23H19F4N3O3/c1-2-8-22(32,23(25,26)27)20-13-30(29-28-20)12-14-6-7-17-18(11-21(31)33-19(17)9-14)15-4-3-5-16(24)10-15/h3-7,9-11,13,32H,2,8,12H2,1H3. The smallest absolute Gasteiger partial charge is 0.423 e. The number of nitrogens with zero attached hydrogens (tertiary/aromatic N) is 3. The molecule has 0 aliphatic heterocycles. The van der Waals surface area contributed by atoms with Gasteiger partial charge in [-0.1, -0.05) is 42.8 Å². The van der Waals surface area contributed by atoms with Crippen LogP contribution in [0.1, 0.15) is 31.0 Å². The molecule has 2 aromatic carbocycles. The van der Waals surface area contributed by atoms with Crippen LogP contribution in [0, 0.1) is 5.82 Å². The zero-order chi connectivity index (χ0) is 23.8. The second-order valence-corrected chi connectivity index (χ2v) is 7.73. The van der Waals surface area contributed by atoms with Gasteiger partial charge in [-0.2, -0.15) is 13.2 Å². The van der Waals surface area contributed by atoms with Gasteiger partial charge in [0.05, 0.1) is 12.7 Å². The first-order valence-electron chi connectivity index (χ1n) is 10.1. The third kappa shape index (κ3) is 4.38. The lowest BCUT2D eigenvalue weighted by molar-refractivity contribution is -0.270. The Hall–Kier alpha value is -3.53. The molecule has 10 heteroatoms. The molecule has 0 saturated carbocycles. The molecule has 4 rings (SSSR count). The maximum Gasteiger partial charge on any atom is 0.423 e. The lowest BCUT2D eigenvalue weighted by atomic mass is 9.94. The monoisotopic (exact) mass is 461 g/mol. The van der Waals surface area contributed by atoms with Gasteiger partial charge in [0.2, 0.25) is 5.60 Å². The van der Waals surface area contributed by atoms with Gasteiger partial charge in [-0.05, 0) is 41.3 Å². The second-order valence-electron chi connectivity index (χ2n) is 7.73. The van der Waals surface area contributed by atoms with Gasteiger partial charge in [0, 0.05) is 11.5 Å². The first-order valence-corrected chi connectivity index (χ1v) is 10.1. The van der Waals surface area contributed by atoms with Crippen LogP contribution in [0.2, 0.25) is 0 Å². The molecule has 1 unspecified atom stereocenters. The molecule has 0 saturated heterocycles. The Morgan fingerprint density at radius 2 is 1.91 bits per heavy atom. The molecule has 1 N–H and O–H groups in total. The Bertz CT molecular complexity index is 1360. The van der Waals surface area contributed by atoms with Gasteiger partial charge in [0.15, 0.2) is 0 Å². The minimum Gasteiger partial charge on any atom is -0.423 e. The van der Waals surface area contributed by atoms with Crippen molar-refractivity contribution in [3.63, 3.8) is 0 Å². The molecule has 6 nitrogen and oxygen atoms in total. The van der Waals surface area contributed by atoms with E-state index in [1.165, 1.54) is 31.2 Å². The number of rotatable bonds is 6. The van der Waals surface area contributed by atoms with E-state index < -0.39 is 35.3 Å². The Kier molecular flexibility index (Phi) is 5.79. The van der Waals surface area contributed by atoms with Crippen LogP contribution in [0.4, 0.5) is 17.6 Å². The van der Waals surface area contributed by atoms with Gasteiger partial charge < -0.3 is 9.52 Å². The Morgan fingerprint density at radius 1 is 1.12 bits per heavy atom. The average molecular weight is 461 g/mol. The number of benzene rings is 2. The highest BCUT2D eigenvalue weighted by Gasteiger charge is 2.56. The van der Waals surface area contributed by atoms with Crippen LogP contribution >= 0.6 is 0 Å². The number of aromatic nitrogens is 3. The average Bonchev–Trinajstić information content (AvgIpc) is 3.21. The van der Waals surface area contributed by atoms with Gasteiger partial charge in [-0.15, -0.1) is 5.10 Å². The van der Waals surface area contributed by atoms with E-state index in [9.17, 15) is 27.5 Å². The van der Waals surface area contributed by atoms with Crippen LogP contribution in [0.15, 0.2) is 63.9 Å². The zero-order valence-corrected chi connectivity index (χ0v) is 17.4. The summed E-state index contributed by atoms with van der Waals surface area (Å²) < 4.78 is 60.4. The minimum atomic E-state index is -4.90. The number of halogens is 4. The lowest BCUT2D eigenvalue weighted by Crippen LogP contribution is -2.42. The summed E-state index contributed by atoms with van der Waals surface area (Å²) in [5, 5.41) is 18.0. The third-order valence-corrected chi connectivity index (χ3v) is 5.33. The molecular formula is C23H19F4N3O3. The molecular weight excluding hydrogens is 442 g/mol. The fraction of sp³-hybridized carbons (Fsp3) is 0.261. The zero-order valence-electron chi connectivity index (χ0n) is 17.4. The molecule has 172 valence electrons. The van der Waals surface area contributed by atoms with Crippen LogP contribution in [0.5, 0.6) is 0 Å². The topological polar surface area (TPSA) is 81.2 Å². The van der Waals surface area contributed by atoms with Crippen molar-refractivity contribution in [2.24, 2.45) is 0 Å². The Labute approximate surface area is 185 Å². The van der Waals surface area contributed by atoms with Crippen molar-refractivity contribution in [3.8, 4) is 11.1 Å². The van der Waals surface area contributed by atoms with Gasteiger partial charge in [0.1, 0.15) is 17.1 Å². The Morgan fingerprint density at radius 3 is 2.61 bits per heavy atom. The number of alkyl halides is 3. The van der Waals surface area contributed by atoms with Crippen molar-refractivity contribution in [2.75, 3.05) is 0 Å². The predicted molar refractivity (Wildman–Crippen MR) is 112 cm³/mol. The summed E-state index contributed by atoms with van der Waals surface area (Å²) in [4.78, 5) is 12.1. The third-order valence-electron chi connectivity index (χ3n) is 5.33. The summed E-state index contributed by atoms with van der Waals surface area (Å²) in [7, 11) is 0. The van der Waals surface area contributed by atoms with Crippen LogP contribution in [-0.4, -0.2) is 26.3 Å². The summed E-state index contributed by atoms with van der Waals surface area (Å²) >= 11 is 0. The molecule has 1 atom stereocenters. The van der Waals surface area contributed by atoms with Gasteiger partial charge >= 0.3 is 11.8 Å². The Balaban J connectivity index is 1.68. The number of fused-ring (bicyclic) bond motifs is 1. The maximum atomic E-state index is 13.7. The van der Waals surface area contributed by atoms with E-state index in [1.807, 2.05) is 0 Å². The summed E-state index contributed by atoms with van der Waals surface area (Å²) in [5.41, 5.74) is -2.50. The number of hydrogen-bond donors (Lipinski definition) is 1. The fourth-order valence-electron chi connectivity index (χ4n) is 3.73. The quantitative estimate of drug-likeness (QED) is 0.330. The van der Waals surface area contributed by atoms with Crippen molar-refractivity contribution in [3.05, 3.63) is 82.2 Å². The molecule has 0 aliphatic carbocycles. The van der Waals surface area contributed by atoms with Crippen molar-refractivity contribution in [1.82, 2.24) is 15.0 Å². The summed E-state index contributed by atoms with van der Waals surface area (Å²) in [6.45, 7) is 1.55. The number of hydrogen-bond acceptors (Lipinski definition) is 5.